The van der Waals surface area contributed by atoms with Crippen LogP contribution in [0, 0.1) is 5.92 Å². The number of ether oxygens (including phenoxy) is 1. The molecule has 2 rings (SSSR count). The molecule has 1 aromatic carbocycles. The Labute approximate surface area is 120 Å². The average Bonchev–Trinajstić information content (AvgIpc) is 3.23. The van der Waals surface area contributed by atoms with Gasteiger partial charge in [-0.25, -0.2) is 4.79 Å². The number of hydrogen-bond acceptors (Lipinski definition) is 4. The largest absolute Gasteiger partial charge is 0.465 e. The Morgan fingerprint density at radius 2 is 2.15 bits per heavy atom. The topological polar surface area (TPSA) is 55.6 Å². The van der Waals surface area contributed by atoms with Gasteiger partial charge in [-0.15, -0.1) is 0 Å². The van der Waals surface area contributed by atoms with Crippen molar-refractivity contribution in [2.24, 2.45) is 5.92 Å². The van der Waals surface area contributed by atoms with E-state index in [9.17, 15) is 4.79 Å². The SMILES string of the molecule is COC(=O)c1cc(N)ccc1N(CCC(C)C)C1CC1. The zero-order chi connectivity index (χ0) is 14.7. The van der Waals surface area contributed by atoms with Crippen LogP contribution in [-0.4, -0.2) is 25.7 Å². The van der Waals surface area contributed by atoms with Crippen molar-refractivity contribution in [3.8, 4) is 0 Å². The molecule has 110 valence electrons. The number of carbonyl (C=O) groups is 1. The smallest absolute Gasteiger partial charge is 0.340 e. The van der Waals surface area contributed by atoms with E-state index in [1.165, 1.54) is 20.0 Å². The summed E-state index contributed by atoms with van der Waals surface area (Å²) in [5.41, 5.74) is 7.92. The minimum Gasteiger partial charge on any atom is -0.465 e. The van der Waals surface area contributed by atoms with Gasteiger partial charge < -0.3 is 15.4 Å². The molecule has 0 aliphatic heterocycles. The van der Waals surface area contributed by atoms with Crippen LogP contribution in [0.1, 0.15) is 43.5 Å². The number of nitrogens with zero attached hydrogens (tertiary/aromatic N) is 1. The number of esters is 1. The third-order valence-electron chi connectivity index (χ3n) is 3.67. The molecule has 4 heteroatoms. The fourth-order valence-corrected chi connectivity index (χ4v) is 2.36. The first-order chi connectivity index (χ1) is 9.52. The molecule has 0 bridgehead atoms. The summed E-state index contributed by atoms with van der Waals surface area (Å²) in [6, 6.07) is 6.07. The van der Waals surface area contributed by atoms with Gasteiger partial charge in [0.15, 0.2) is 0 Å². The van der Waals surface area contributed by atoms with E-state index in [1.807, 2.05) is 12.1 Å². The molecule has 20 heavy (non-hydrogen) atoms. The van der Waals surface area contributed by atoms with Gasteiger partial charge in [0.05, 0.1) is 18.4 Å². The Kier molecular flexibility index (Phi) is 4.53. The second-order valence-electron chi connectivity index (χ2n) is 5.88. The lowest BCUT2D eigenvalue weighted by Gasteiger charge is -2.27. The number of nitrogens with two attached hydrogens (primary N) is 1. The van der Waals surface area contributed by atoms with E-state index in [0.29, 0.717) is 23.2 Å². The van der Waals surface area contributed by atoms with Crippen LogP contribution < -0.4 is 10.6 Å². The van der Waals surface area contributed by atoms with E-state index in [0.717, 1.165) is 18.7 Å². The van der Waals surface area contributed by atoms with Gasteiger partial charge in [0.2, 0.25) is 0 Å². The molecule has 0 amide bonds. The molecule has 1 fully saturated rings. The van der Waals surface area contributed by atoms with Crippen LogP contribution in [0.5, 0.6) is 0 Å². The summed E-state index contributed by atoms with van der Waals surface area (Å²) in [4.78, 5) is 14.3. The van der Waals surface area contributed by atoms with Crippen LogP contribution >= 0.6 is 0 Å². The van der Waals surface area contributed by atoms with Crippen LogP contribution in [0.2, 0.25) is 0 Å². The predicted octanol–water partition coefficient (Wildman–Crippen LogP) is 3.07. The van der Waals surface area contributed by atoms with Gasteiger partial charge in [0.25, 0.3) is 0 Å². The summed E-state index contributed by atoms with van der Waals surface area (Å²) in [7, 11) is 1.41. The van der Waals surface area contributed by atoms with Crippen LogP contribution in [0.15, 0.2) is 18.2 Å². The van der Waals surface area contributed by atoms with Gasteiger partial charge in [-0.1, -0.05) is 13.8 Å². The third-order valence-corrected chi connectivity index (χ3v) is 3.67. The van der Waals surface area contributed by atoms with Gasteiger partial charge in [-0.2, -0.15) is 0 Å². The first-order valence-corrected chi connectivity index (χ1v) is 7.27. The molecule has 4 nitrogen and oxygen atoms in total. The molecule has 0 radical (unpaired) electrons. The number of carbonyl (C=O) groups excluding carboxylic acids is 1. The van der Waals surface area contributed by atoms with Crippen LogP contribution in [-0.2, 0) is 4.74 Å². The first kappa shape index (κ1) is 14.7. The van der Waals surface area contributed by atoms with Gasteiger partial charge in [-0.3, -0.25) is 0 Å². The lowest BCUT2D eigenvalue weighted by molar-refractivity contribution is 0.0601. The summed E-state index contributed by atoms with van der Waals surface area (Å²) in [5.74, 6) is 0.328. The molecule has 0 aromatic heterocycles. The van der Waals surface area contributed by atoms with Gasteiger partial charge in [0, 0.05) is 18.3 Å². The normalized spacial score (nSPS) is 14.4. The van der Waals surface area contributed by atoms with Crippen molar-refractivity contribution in [3.05, 3.63) is 23.8 Å². The maximum absolute atomic E-state index is 12.0. The minimum absolute atomic E-state index is 0.317. The minimum atomic E-state index is -0.317. The van der Waals surface area contributed by atoms with E-state index < -0.39 is 0 Å². The highest BCUT2D eigenvalue weighted by Crippen LogP contribution is 2.35. The van der Waals surface area contributed by atoms with Crippen molar-refractivity contribution < 1.29 is 9.53 Å². The van der Waals surface area contributed by atoms with Crippen molar-refractivity contribution in [2.75, 3.05) is 24.3 Å². The van der Waals surface area contributed by atoms with Crippen molar-refractivity contribution in [1.29, 1.82) is 0 Å². The molecular weight excluding hydrogens is 252 g/mol. The Hall–Kier alpha value is -1.71. The highest BCUT2D eigenvalue weighted by atomic mass is 16.5. The lowest BCUT2D eigenvalue weighted by atomic mass is 10.1. The van der Waals surface area contributed by atoms with Crippen LogP contribution in [0.3, 0.4) is 0 Å². The Morgan fingerprint density at radius 1 is 1.45 bits per heavy atom. The molecule has 1 aromatic rings. The van der Waals surface area contributed by atoms with E-state index in [4.69, 9.17) is 10.5 Å². The summed E-state index contributed by atoms with van der Waals surface area (Å²) < 4.78 is 4.89. The molecule has 0 spiro atoms. The highest BCUT2D eigenvalue weighted by Gasteiger charge is 2.31. The first-order valence-electron chi connectivity index (χ1n) is 7.27. The zero-order valence-corrected chi connectivity index (χ0v) is 12.6. The summed E-state index contributed by atoms with van der Waals surface area (Å²) in [6.07, 6.45) is 3.51. The molecule has 0 unspecified atom stereocenters. The Balaban J connectivity index is 2.29. The third kappa shape index (κ3) is 3.44. The summed E-state index contributed by atoms with van der Waals surface area (Å²) in [5, 5.41) is 0. The monoisotopic (exact) mass is 276 g/mol. The standard InChI is InChI=1S/C16H24N2O2/c1-11(2)8-9-18(13-5-6-13)15-7-4-12(17)10-14(15)16(19)20-3/h4,7,10-11,13H,5-6,8-9,17H2,1-3H3. The summed E-state index contributed by atoms with van der Waals surface area (Å²) >= 11 is 0. The average molecular weight is 276 g/mol. The molecule has 1 aliphatic carbocycles. The summed E-state index contributed by atoms with van der Waals surface area (Å²) in [6.45, 7) is 5.40. The number of benzene rings is 1. The van der Waals surface area contributed by atoms with Gasteiger partial charge in [-0.05, 0) is 43.4 Å². The molecule has 0 atom stereocenters. The van der Waals surface area contributed by atoms with Gasteiger partial charge in [0.1, 0.15) is 0 Å². The molecule has 0 heterocycles. The van der Waals surface area contributed by atoms with Crippen LogP contribution in [0.4, 0.5) is 11.4 Å². The van der Waals surface area contributed by atoms with Gasteiger partial charge >= 0.3 is 5.97 Å². The molecular formula is C16H24N2O2. The Morgan fingerprint density at radius 3 is 2.70 bits per heavy atom. The zero-order valence-electron chi connectivity index (χ0n) is 12.6. The fourth-order valence-electron chi connectivity index (χ4n) is 2.36. The Bertz CT molecular complexity index is 481. The molecule has 1 aliphatic rings. The second-order valence-corrected chi connectivity index (χ2v) is 5.88. The molecule has 0 saturated heterocycles. The van der Waals surface area contributed by atoms with Crippen LogP contribution in [0.25, 0.3) is 0 Å². The maximum Gasteiger partial charge on any atom is 0.340 e. The fraction of sp³-hybridized carbons (Fsp3) is 0.562. The van der Waals surface area contributed by atoms with E-state index >= 15 is 0 Å². The predicted molar refractivity (Wildman–Crippen MR) is 82.0 cm³/mol. The maximum atomic E-state index is 12.0. The number of hydrogen-bond donors (Lipinski definition) is 1. The number of anilines is 2. The van der Waals surface area contributed by atoms with Crippen molar-refractivity contribution in [3.63, 3.8) is 0 Å². The van der Waals surface area contributed by atoms with Crippen molar-refractivity contribution in [2.45, 2.75) is 39.2 Å². The number of methoxy groups -OCH3 is 1. The molecule has 1 saturated carbocycles. The van der Waals surface area contributed by atoms with Crippen molar-refractivity contribution >= 4 is 17.3 Å². The quantitative estimate of drug-likeness (QED) is 0.641. The second kappa shape index (κ2) is 6.16. The molecule has 2 N–H and O–H groups in total. The number of rotatable bonds is 6. The number of nitrogen functional groups attached to an aromatic ring is 1. The van der Waals surface area contributed by atoms with E-state index in [-0.39, 0.29) is 5.97 Å². The lowest BCUT2D eigenvalue weighted by Crippen LogP contribution is -2.29. The van der Waals surface area contributed by atoms with E-state index in [1.54, 1.807) is 6.07 Å². The highest BCUT2D eigenvalue weighted by molar-refractivity contribution is 5.97. The van der Waals surface area contributed by atoms with E-state index in [2.05, 4.69) is 18.7 Å². The van der Waals surface area contributed by atoms with Crippen molar-refractivity contribution in [1.82, 2.24) is 0 Å².